The van der Waals surface area contributed by atoms with Crippen LogP contribution in [0.25, 0.3) is 11.3 Å². The van der Waals surface area contributed by atoms with E-state index < -0.39 is 0 Å². The van der Waals surface area contributed by atoms with Crippen LogP contribution < -0.4 is 5.32 Å². The number of carbonyl (C=O) groups excluding carboxylic acids is 1. The molecule has 0 aliphatic heterocycles. The molecule has 4 nitrogen and oxygen atoms in total. The maximum Gasteiger partial charge on any atom is 0.270 e. The molecule has 0 unspecified atom stereocenters. The van der Waals surface area contributed by atoms with E-state index in [-0.39, 0.29) is 11.4 Å². The van der Waals surface area contributed by atoms with Crippen molar-refractivity contribution >= 4 is 17.5 Å². The summed E-state index contributed by atoms with van der Waals surface area (Å²) in [6, 6.07) is 6.99. The van der Waals surface area contributed by atoms with Crippen molar-refractivity contribution in [3.63, 3.8) is 0 Å². The van der Waals surface area contributed by atoms with E-state index in [0.717, 1.165) is 5.56 Å². The first-order valence-electron chi connectivity index (χ1n) is 6.26. The molecule has 2 heterocycles. The third kappa shape index (κ3) is 3.54. The molecular weight excluding hydrogens is 274 g/mol. The monoisotopic (exact) mass is 289 g/mol. The molecule has 5 heteroatoms. The summed E-state index contributed by atoms with van der Waals surface area (Å²) in [5.41, 5.74) is 1.52. The summed E-state index contributed by atoms with van der Waals surface area (Å²) >= 11 is 6.08. The average molecular weight is 290 g/mol. The van der Waals surface area contributed by atoms with E-state index in [2.05, 4.69) is 15.3 Å². The molecule has 0 fully saturated rings. The van der Waals surface area contributed by atoms with Gasteiger partial charge in [-0.1, -0.05) is 11.6 Å². The van der Waals surface area contributed by atoms with Crippen LogP contribution >= 0.6 is 11.6 Å². The van der Waals surface area contributed by atoms with Crippen molar-refractivity contribution < 1.29 is 4.79 Å². The molecule has 20 heavy (non-hydrogen) atoms. The van der Waals surface area contributed by atoms with Gasteiger partial charge in [-0.3, -0.25) is 14.8 Å². The highest BCUT2D eigenvalue weighted by atomic mass is 35.5. The van der Waals surface area contributed by atoms with Gasteiger partial charge in [0.25, 0.3) is 5.91 Å². The van der Waals surface area contributed by atoms with Crippen LogP contribution in [0.5, 0.6) is 0 Å². The topological polar surface area (TPSA) is 54.9 Å². The molecule has 104 valence electrons. The molecule has 1 amide bonds. The Kier molecular flexibility index (Phi) is 4.04. The van der Waals surface area contributed by atoms with Crippen molar-refractivity contribution in [2.75, 3.05) is 0 Å². The van der Waals surface area contributed by atoms with E-state index in [9.17, 15) is 4.79 Å². The smallest absolute Gasteiger partial charge is 0.270 e. The maximum absolute atomic E-state index is 12.0. The summed E-state index contributed by atoms with van der Waals surface area (Å²) in [7, 11) is 0. The van der Waals surface area contributed by atoms with Gasteiger partial charge in [0.05, 0.1) is 10.7 Å². The number of nitrogens with zero attached hydrogens (tertiary/aromatic N) is 2. The number of hydrogen-bond acceptors (Lipinski definition) is 3. The van der Waals surface area contributed by atoms with Crippen LogP contribution in [-0.2, 0) is 0 Å². The van der Waals surface area contributed by atoms with E-state index in [1.54, 1.807) is 36.7 Å². The van der Waals surface area contributed by atoms with Crippen molar-refractivity contribution in [2.45, 2.75) is 26.3 Å². The Hall–Kier alpha value is -1.94. The van der Waals surface area contributed by atoms with Gasteiger partial charge >= 0.3 is 0 Å². The lowest BCUT2D eigenvalue weighted by atomic mass is 10.1. The van der Waals surface area contributed by atoms with Crippen LogP contribution in [0.15, 0.2) is 36.7 Å². The highest BCUT2D eigenvalue weighted by Gasteiger charge is 2.16. The van der Waals surface area contributed by atoms with Crippen LogP contribution in [0.2, 0.25) is 5.02 Å². The zero-order chi connectivity index (χ0) is 14.8. The van der Waals surface area contributed by atoms with Gasteiger partial charge in [0, 0.05) is 23.5 Å². The SMILES string of the molecule is CC(C)(C)NC(=O)c1ccc(-c2ncccc2Cl)cn1. The second-order valence-corrected chi connectivity index (χ2v) is 5.88. The first kappa shape index (κ1) is 14.5. The minimum atomic E-state index is -0.290. The molecule has 0 spiro atoms. The largest absolute Gasteiger partial charge is 0.346 e. The molecule has 0 saturated heterocycles. The number of hydrogen-bond donors (Lipinski definition) is 1. The van der Waals surface area contributed by atoms with Crippen molar-refractivity contribution in [1.82, 2.24) is 15.3 Å². The molecule has 2 rings (SSSR count). The third-order valence-corrected chi connectivity index (χ3v) is 2.82. The second kappa shape index (κ2) is 5.59. The Morgan fingerprint density at radius 3 is 2.50 bits per heavy atom. The quantitative estimate of drug-likeness (QED) is 0.922. The molecule has 0 saturated carbocycles. The van der Waals surface area contributed by atoms with Gasteiger partial charge < -0.3 is 5.32 Å². The van der Waals surface area contributed by atoms with Crippen LogP contribution in [-0.4, -0.2) is 21.4 Å². The lowest BCUT2D eigenvalue weighted by molar-refractivity contribution is 0.0914. The van der Waals surface area contributed by atoms with Crippen LogP contribution in [0.3, 0.4) is 0 Å². The molecule has 1 N–H and O–H groups in total. The van der Waals surface area contributed by atoms with Gasteiger partial charge in [-0.2, -0.15) is 0 Å². The lowest BCUT2D eigenvalue weighted by Crippen LogP contribution is -2.40. The molecule has 0 aliphatic carbocycles. The molecular formula is C15H16ClN3O. The Bertz CT molecular complexity index is 618. The number of amides is 1. The number of pyridine rings is 2. The molecule has 0 radical (unpaired) electrons. The summed E-state index contributed by atoms with van der Waals surface area (Å²) in [5, 5.41) is 3.42. The first-order valence-corrected chi connectivity index (χ1v) is 6.64. The van der Waals surface area contributed by atoms with Crippen LogP contribution in [0.1, 0.15) is 31.3 Å². The van der Waals surface area contributed by atoms with Crippen molar-refractivity contribution in [2.24, 2.45) is 0 Å². The Morgan fingerprint density at radius 2 is 1.95 bits per heavy atom. The Labute approximate surface area is 123 Å². The zero-order valence-corrected chi connectivity index (χ0v) is 12.4. The molecule has 0 atom stereocenters. The minimum absolute atomic E-state index is 0.198. The van der Waals surface area contributed by atoms with E-state index in [0.29, 0.717) is 16.4 Å². The van der Waals surface area contributed by atoms with Crippen LogP contribution in [0, 0.1) is 0 Å². The van der Waals surface area contributed by atoms with Crippen LogP contribution in [0.4, 0.5) is 0 Å². The van der Waals surface area contributed by atoms with E-state index in [1.165, 1.54) is 0 Å². The van der Waals surface area contributed by atoms with Gasteiger partial charge in [-0.15, -0.1) is 0 Å². The summed E-state index contributed by atoms with van der Waals surface area (Å²) < 4.78 is 0. The van der Waals surface area contributed by atoms with Crippen molar-refractivity contribution in [1.29, 1.82) is 0 Å². The van der Waals surface area contributed by atoms with E-state index in [1.807, 2.05) is 20.8 Å². The van der Waals surface area contributed by atoms with Crippen molar-refractivity contribution in [3.05, 3.63) is 47.4 Å². The average Bonchev–Trinajstić information content (AvgIpc) is 2.37. The Balaban J connectivity index is 2.23. The molecule has 0 bridgehead atoms. The fourth-order valence-electron chi connectivity index (χ4n) is 1.67. The predicted molar refractivity (Wildman–Crippen MR) is 79.7 cm³/mol. The van der Waals surface area contributed by atoms with Gasteiger partial charge in [0.15, 0.2) is 0 Å². The number of aromatic nitrogens is 2. The number of carbonyl (C=O) groups is 1. The summed E-state index contributed by atoms with van der Waals surface area (Å²) in [5.74, 6) is -0.198. The highest BCUT2D eigenvalue weighted by Crippen LogP contribution is 2.24. The van der Waals surface area contributed by atoms with Gasteiger partial charge in [-0.25, -0.2) is 0 Å². The Morgan fingerprint density at radius 1 is 1.20 bits per heavy atom. The predicted octanol–water partition coefficient (Wildman–Crippen LogP) is 3.33. The molecule has 0 aromatic carbocycles. The zero-order valence-electron chi connectivity index (χ0n) is 11.6. The summed E-state index contributed by atoms with van der Waals surface area (Å²) in [4.78, 5) is 20.3. The summed E-state index contributed by atoms with van der Waals surface area (Å²) in [6.07, 6.45) is 3.27. The minimum Gasteiger partial charge on any atom is -0.346 e. The third-order valence-electron chi connectivity index (χ3n) is 2.52. The van der Waals surface area contributed by atoms with Gasteiger partial charge in [0.2, 0.25) is 0 Å². The number of halogens is 1. The maximum atomic E-state index is 12.0. The van der Waals surface area contributed by atoms with Gasteiger partial charge in [-0.05, 0) is 45.0 Å². The first-order chi connectivity index (χ1) is 9.37. The van der Waals surface area contributed by atoms with E-state index >= 15 is 0 Å². The molecule has 2 aromatic rings. The van der Waals surface area contributed by atoms with Gasteiger partial charge in [0.1, 0.15) is 5.69 Å². The highest BCUT2D eigenvalue weighted by molar-refractivity contribution is 6.33. The molecule has 0 aliphatic rings. The molecule has 2 aromatic heterocycles. The normalized spacial score (nSPS) is 11.2. The standard InChI is InChI=1S/C15H16ClN3O/c1-15(2,3)19-14(20)12-7-6-10(9-18-12)13-11(16)5-4-8-17-13/h4-9H,1-3H3,(H,19,20). The fraction of sp³-hybridized carbons (Fsp3) is 0.267. The van der Waals surface area contributed by atoms with E-state index in [4.69, 9.17) is 11.6 Å². The number of rotatable bonds is 2. The second-order valence-electron chi connectivity index (χ2n) is 5.47. The summed E-state index contributed by atoms with van der Waals surface area (Å²) in [6.45, 7) is 5.77. The number of nitrogens with one attached hydrogen (secondary N) is 1. The lowest BCUT2D eigenvalue weighted by Gasteiger charge is -2.20. The fourth-order valence-corrected chi connectivity index (χ4v) is 1.90. The van der Waals surface area contributed by atoms with Crippen molar-refractivity contribution in [3.8, 4) is 11.3 Å².